The van der Waals surface area contributed by atoms with Crippen molar-refractivity contribution in [3.8, 4) is 0 Å². The summed E-state index contributed by atoms with van der Waals surface area (Å²) in [5, 5.41) is 11.9. The number of halogens is 1. The van der Waals surface area contributed by atoms with E-state index in [1.54, 1.807) is 0 Å². The van der Waals surface area contributed by atoms with E-state index in [0.29, 0.717) is 23.8 Å². The fraction of sp³-hybridized carbons (Fsp3) is 0.150. The SMILES string of the molecule is O=C(C[C@H](c1ccc(Cl)cc1)n1cccc1)NCc1nnc2ccccn12. The van der Waals surface area contributed by atoms with Gasteiger partial charge in [-0.2, -0.15) is 0 Å². The maximum atomic E-state index is 12.6. The van der Waals surface area contributed by atoms with E-state index < -0.39 is 0 Å². The lowest BCUT2D eigenvalue weighted by Crippen LogP contribution is -2.27. The number of fused-ring (bicyclic) bond motifs is 1. The average molecular weight is 380 g/mol. The van der Waals surface area contributed by atoms with Gasteiger partial charge in [0.25, 0.3) is 0 Å². The summed E-state index contributed by atoms with van der Waals surface area (Å²) < 4.78 is 3.89. The van der Waals surface area contributed by atoms with Gasteiger partial charge in [0, 0.05) is 23.6 Å². The molecule has 0 saturated heterocycles. The molecule has 0 spiro atoms. The van der Waals surface area contributed by atoms with E-state index in [0.717, 1.165) is 11.2 Å². The van der Waals surface area contributed by atoms with Crippen molar-refractivity contribution in [1.82, 2.24) is 24.5 Å². The van der Waals surface area contributed by atoms with Crippen LogP contribution in [0.25, 0.3) is 5.65 Å². The molecular weight excluding hydrogens is 362 g/mol. The molecule has 4 rings (SSSR count). The first-order valence-corrected chi connectivity index (χ1v) is 9.02. The number of nitrogens with one attached hydrogen (secondary N) is 1. The van der Waals surface area contributed by atoms with Crippen molar-refractivity contribution in [1.29, 1.82) is 0 Å². The van der Waals surface area contributed by atoms with Crippen molar-refractivity contribution < 1.29 is 4.79 Å². The summed E-state index contributed by atoms with van der Waals surface area (Å²) >= 11 is 6.00. The molecule has 136 valence electrons. The maximum absolute atomic E-state index is 12.6. The first-order valence-electron chi connectivity index (χ1n) is 8.64. The number of carbonyl (C=O) groups is 1. The Hall–Kier alpha value is -3.12. The molecule has 0 saturated carbocycles. The lowest BCUT2D eigenvalue weighted by molar-refractivity contribution is -0.121. The van der Waals surface area contributed by atoms with Gasteiger partial charge in [-0.15, -0.1) is 10.2 Å². The summed E-state index contributed by atoms with van der Waals surface area (Å²) in [5.74, 6) is 0.638. The van der Waals surface area contributed by atoms with Gasteiger partial charge in [-0.1, -0.05) is 29.8 Å². The number of carbonyl (C=O) groups excluding carboxylic acids is 1. The van der Waals surface area contributed by atoms with Gasteiger partial charge in [-0.25, -0.2) is 0 Å². The molecule has 0 fully saturated rings. The highest BCUT2D eigenvalue weighted by molar-refractivity contribution is 6.30. The van der Waals surface area contributed by atoms with Gasteiger partial charge in [0.05, 0.1) is 19.0 Å². The van der Waals surface area contributed by atoms with Crippen molar-refractivity contribution in [3.05, 3.63) is 89.6 Å². The maximum Gasteiger partial charge on any atom is 0.222 e. The molecule has 4 aromatic rings. The average Bonchev–Trinajstić information content (AvgIpc) is 3.35. The zero-order valence-corrected chi connectivity index (χ0v) is 15.3. The molecule has 1 amide bonds. The molecule has 3 aromatic heterocycles. The van der Waals surface area contributed by atoms with Crippen LogP contribution in [0, 0.1) is 0 Å². The molecule has 0 bridgehead atoms. The van der Waals surface area contributed by atoms with E-state index in [-0.39, 0.29) is 11.9 Å². The van der Waals surface area contributed by atoms with Crippen LogP contribution in [-0.4, -0.2) is 25.1 Å². The highest BCUT2D eigenvalue weighted by Crippen LogP contribution is 2.24. The van der Waals surface area contributed by atoms with Crippen LogP contribution in [-0.2, 0) is 11.3 Å². The highest BCUT2D eigenvalue weighted by Gasteiger charge is 2.18. The number of pyridine rings is 1. The Balaban J connectivity index is 1.48. The van der Waals surface area contributed by atoms with Crippen LogP contribution in [0.1, 0.15) is 23.9 Å². The third-order valence-electron chi connectivity index (χ3n) is 4.45. The molecule has 1 atom stereocenters. The molecule has 1 N–H and O–H groups in total. The minimum atomic E-state index is -0.104. The summed E-state index contributed by atoms with van der Waals surface area (Å²) in [6.45, 7) is 0.322. The van der Waals surface area contributed by atoms with Crippen LogP contribution in [0.4, 0.5) is 0 Å². The molecule has 0 radical (unpaired) electrons. The predicted molar refractivity (Wildman–Crippen MR) is 103 cm³/mol. The van der Waals surface area contributed by atoms with E-state index in [1.165, 1.54) is 0 Å². The normalized spacial score (nSPS) is 12.2. The first-order chi connectivity index (χ1) is 13.2. The lowest BCUT2D eigenvalue weighted by Gasteiger charge is -2.19. The van der Waals surface area contributed by atoms with Crippen molar-refractivity contribution in [2.24, 2.45) is 0 Å². The fourth-order valence-corrected chi connectivity index (χ4v) is 3.20. The van der Waals surface area contributed by atoms with Gasteiger partial charge >= 0.3 is 0 Å². The monoisotopic (exact) mass is 379 g/mol. The summed E-state index contributed by atoms with van der Waals surface area (Å²) in [5.41, 5.74) is 1.78. The minimum absolute atomic E-state index is 0.0590. The van der Waals surface area contributed by atoms with E-state index in [9.17, 15) is 4.79 Å². The molecule has 0 unspecified atom stereocenters. The quantitative estimate of drug-likeness (QED) is 0.557. The Kier molecular flexibility index (Phi) is 4.89. The van der Waals surface area contributed by atoms with Crippen molar-refractivity contribution >= 4 is 23.2 Å². The van der Waals surface area contributed by atoms with Gasteiger partial charge < -0.3 is 9.88 Å². The number of rotatable bonds is 6. The second-order valence-corrected chi connectivity index (χ2v) is 6.66. The Morgan fingerprint density at radius 3 is 2.52 bits per heavy atom. The Labute approximate surface area is 161 Å². The molecule has 3 heterocycles. The van der Waals surface area contributed by atoms with E-state index >= 15 is 0 Å². The minimum Gasteiger partial charge on any atom is -0.349 e. The second kappa shape index (κ2) is 7.63. The van der Waals surface area contributed by atoms with Crippen LogP contribution in [0.3, 0.4) is 0 Å². The molecule has 27 heavy (non-hydrogen) atoms. The molecule has 7 heteroatoms. The number of nitrogens with zero attached hydrogens (tertiary/aromatic N) is 4. The van der Waals surface area contributed by atoms with Crippen molar-refractivity contribution in [2.45, 2.75) is 19.0 Å². The lowest BCUT2D eigenvalue weighted by atomic mass is 10.0. The van der Waals surface area contributed by atoms with Crippen LogP contribution >= 0.6 is 11.6 Å². The smallest absolute Gasteiger partial charge is 0.222 e. The van der Waals surface area contributed by atoms with Gasteiger partial charge in [-0.3, -0.25) is 9.20 Å². The fourth-order valence-electron chi connectivity index (χ4n) is 3.07. The van der Waals surface area contributed by atoms with Crippen LogP contribution in [0.2, 0.25) is 5.02 Å². The topological polar surface area (TPSA) is 64.2 Å². The highest BCUT2D eigenvalue weighted by atomic mass is 35.5. The number of benzene rings is 1. The zero-order valence-electron chi connectivity index (χ0n) is 14.5. The number of hydrogen-bond donors (Lipinski definition) is 1. The summed E-state index contributed by atoms with van der Waals surface area (Å²) in [6.07, 6.45) is 6.11. The molecule has 0 aliphatic carbocycles. The first kappa shape index (κ1) is 17.3. The molecule has 1 aromatic carbocycles. The second-order valence-electron chi connectivity index (χ2n) is 6.22. The van der Waals surface area contributed by atoms with E-state index in [1.807, 2.05) is 82.2 Å². The van der Waals surface area contributed by atoms with E-state index in [2.05, 4.69) is 15.5 Å². The Morgan fingerprint density at radius 1 is 1.00 bits per heavy atom. The standard InChI is InChI=1S/C20H18ClN5O/c21-16-8-6-15(7-9-16)17(25-10-3-4-11-25)13-20(27)22-14-19-24-23-18-5-1-2-12-26(18)19/h1-12,17H,13-14H2,(H,22,27)/t17-/m1/s1. The largest absolute Gasteiger partial charge is 0.349 e. The summed E-state index contributed by atoms with van der Waals surface area (Å²) in [7, 11) is 0. The van der Waals surface area contributed by atoms with Gasteiger partial charge in [0.2, 0.25) is 5.91 Å². The molecular formula is C20H18ClN5O. The third kappa shape index (κ3) is 3.85. The Bertz CT molecular complexity index is 1040. The number of hydrogen-bond acceptors (Lipinski definition) is 3. The zero-order chi connectivity index (χ0) is 18.6. The predicted octanol–water partition coefficient (Wildman–Crippen LogP) is 3.48. The van der Waals surface area contributed by atoms with Gasteiger partial charge in [0.15, 0.2) is 11.5 Å². The number of amides is 1. The van der Waals surface area contributed by atoms with Crippen molar-refractivity contribution in [3.63, 3.8) is 0 Å². The van der Waals surface area contributed by atoms with Crippen LogP contribution in [0.15, 0.2) is 73.2 Å². The molecule has 6 nitrogen and oxygen atoms in total. The van der Waals surface area contributed by atoms with Gasteiger partial charge in [-0.05, 0) is 42.0 Å². The molecule has 0 aliphatic rings. The summed E-state index contributed by atoms with van der Waals surface area (Å²) in [4.78, 5) is 12.6. The van der Waals surface area contributed by atoms with Gasteiger partial charge in [0.1, 0.15) is 0 Å². The summed E-state index contributed by atoms with van der Waals surface area (Å²) in [6, 6.07) is 17.1. The van der Waals surface area contributed by atoms with Crippen molar-refractivity contribution in [2.75, 3.05) is 0 Å². The third-order valence-corrected chi connectivity index (χ3v) is 4.70. The Morgan fingerprint density at radius 2 is 1.74 bits per heavy atom. The van der Waals surface area contributed by atoms with Crippen LogP contribution < -0.4 is 5.32 Å². The molecule has 0 aliphatic heterocycles. The number of aromatic nitrogens is 4. The van der Waals surface area contributed by atoms with E-state index in [4.69, 9.17) is 11.6 Å². The van der Waals surface area contributed by atoms with Crippen LogP contribution in [0.5, 0.6) is 0 Å².